The number of aromatic nitrogens is 1. The minimum atomic E-state index is -0.378. The Morgan fingerprint density at radius 3 is 2.70 bits per heavy atom. The second-order valence-electron chi connectivity index (χ2n) is 5.98. The van der Waals surface area contributed by atoms with E-state index in [2.05, 4.69) is 20.5 Å². The van der Waals surface area contributed by atoms with Crippen LogP contribution in [0.2, 0.25) is 10.0 Å². The van der Waals surface area contributed by atoms with Gasteiger partial charge in [0.05, 0.1) is 34.1 Å². The molecule has 0 unspecified atom stereocenters. The Hall–Kier alpha value is -2.06. The Bertz CT molecular complexity index is 989. The second kappa shape index (κ2) is 7.90. The van der Waals surface area contributed by atoms with Gasteiger partial charge >= 0.3 is 6.03 Å². The van der Waals surface area contributed by atoms with Crippen LogP contribution in [-0.4, -0.2) is 37.3 Å². The highest BCUT2D eigenvalue weighted by Crippen LogP contribution is 2.31. The molecule has 1 aliphatic heterocycles. The fourth-order valence-corrected chi connectivity index (χ4v) is 4.27. The molecule has 3 aromatic rings. The summed E-state index contributed by atoms with van der Waals surface area (Å²) in [6.45, 7) is 3.12. The number of rotatable bonds is 3. The zero-order valence-corrected chi connectivity index (χ0v) is 16.5. The number of benzene rings is 2. The lowest BCUT2D eigenvalue weighted by atomic mass is 10.3. The Balaban J connectivity index is 1.47. The van der Waals surface area contributed by atoms with Crippen LogP contribution >= 0.6 is 34.5 Å². The number of nitrogens with one attached hydrogen (secondary N) is 2. The highest BCUT2D eigenvalue weighted by Gasteiger charge is 2.16. The van der Waals surface area contributed by atoms with Crippen LogP contribution in [0.15, 0.2) is 36.4 Å². The van der Waals surface area contributed by atoms with Gasteiger partial charge in [0, 0.05) is 23.8 Å². The van der Waals surface area contributed by atoms with E-state index in [4.69, 9.17) is 27.9 Å². The number of carbonyl (C=O) groups excluding carboxylic acids is 1. The van der Waals surface area contributed by atoms with Crippen molar-refractivity contribution in [2.24, 2.45) is 0 Å². The van der Waals surface area contributed by atoms with Crippen LogP contribution < -0.4 is 15.5 Å². The van der Waals surface area contributed by atoms with Crippen molar-refractivity contribution in [2.75, 3.05) is 41.8 Å². The highest BCUT2D eigenvalue weighted by molar-refractivity contribution is 7.22. The number of anilines is 3. The number of hydrogen-bond acceptors (Lipinski definition) is 5. The summed E-state index contributed by atoms with van der Waals surface area (Å²) in [7, 11) is 0. The van der Waals surface area contributed by atoms with E-state index in [0.29, 0.717) is 21.4 Å². The van der Waals surface area contributed by atoms with Crippen molar-refractivity contribution in [1.82, 2.24) is 4.98 Å². The van der Waals surface area contributed by atoms with Crippen LogP contribution in [0.25, 0.3) is 10.2 Å². The van der Waals surface area contributed by atoms with Crippen LogP contribution in [0, 0.1) is 0 Å². The average molecular weight is 423 g/mol. The second-order valence-corrected chi connectivity index (χ2v) is 7.83. The first kappa shape index (κ1) is 18.3. The topological polar surface area (TPSA) is 66.5 Å². The van der Waals surface area contributed by atoms with Crippen molar-refractivity contribution in [2.45, 2.75) is 0 Å². The monoisotopic (exact) mass is 422 g/mol. The molecule has 1 aromatic heterocycles. The SMILES string of the molecule is O=C(Nc1ccc2nc(N3CCOCC3)sc2c1)Nc1ccc(Cl)cc1Cl. The van der Waals surface area contributed by atoms with Crippen LogP contribution in [0.1, 0.15) is 0 Å². The molecule has 0 atom stereocenters. The summed E-state index contributed by atoms with van der Waals surface area (Å²) in [4.78, 5) is 19.2. The van der Waals surface area contributed by atoms with Crippen LogP contribution in [0.5, 0.6) is 0 Å². The third-order valence-electron chi connectivity index (χ3n) is 4.10. The molecule has 2 amide bonds. The number of ether oxygens (including phenoxy) is 1. The molecular weight excluding hydrogens is 407 g/mol. The fourth-order valence-electron chi connectivity index (χ4n) is 2.76. The summed E-state index contributed by atoms with van der Waals surface area (Å²) in [5.41, 5.74) is 2.09. The first-order valence-electron chi connectivity index (χ1n) is 8.35. The molecule has 0 saturated carbocycles. The van der Waals surface area contributed by atoms with Gasteiger partial charge in [-0.3, -0.25) is 0 Å². The van der Waals surface area contributed by atoms with Gasteiger partial charge in [-0.05, 0) is 36.4 Å². The Labute approximate surface area is 170 Å². The molecule has 140 valence electrons. The number of amides is 2. The molecule has 0 bridgehead atoms. The third kappa shape index (κ3) is 4.27. The molecule has 9 heteroatoms. The number of carbonyl (C=O) groups is 1. The zero-order valence-electron chi connectivity index (χ0n) is 14.2. The average Bonchev–Trinajstić information content (AvgIpc) is 3.08. The first-order valence-corrected chi connectivity index (χ1v) is 9.92. The van der Waals surface area contributed by atoms with Crippen molar-refractivity contribution in [3.8, 4) is 0 Å². The van der Waals surface area contributed by atoms with Gasteiger partial charge in [0.25, 0.3) is 0 Å². The van der Waals surface area contributed by atoms with E-state index >= 15 is 0 Å². The number of morpholine rings is 1. The molecule has 4 rings (SSSR count). The lowest BCUT2D eigenvalue weighted by Crippen LogP contribution is -2.36. The minimum Gasteiger partial charge on any atom is -0.378 e. The van der Waals surface area contributed by atoms with Crippen LogP contribution in [-0.2, 0) is 4.74 Å². The van der Waals surface area contributed by atoms with E-state index in [1.807, 2.05) is 18.2 Å². The maximum atomic E-state index is 12.3. The molecule has 0 aliphatic carbocycles. The number of hydrogen-bond donors (Lipinski definition) is 2. The fraction of sp³-hybridized carbons (Fsp3) is 0.222. The number of nitrogens with zero attached hydrogens (tertiary/aromatic N) is 2. The minimum absolute atomic E-state index is 0.378. The van der Waals surface area contributed by atoms with Gasteiger partial charge in [0.2, 0.25) is 0 Å². The van der Waals surface area contributed by atoms with E-state index in [0.717, 1.165) is 41.7 Å². The lowest BCUT2D eigenvalue weighted by Gasteiger charge is -2.25. The predicted molar refractivity (Wildman–Crippen MR) is 112 cm³/mol. The maximum Gasteiger partial charge on any atom is 0.323 e. The quantitative estimate of drug-likeness (QED) is 0.617. The number of thiazole rings is 1. The standard InChI is InChI=1S/C18H16Cl2N4O2S/c19-11-1-3-14(13(20)9-11)22-17(25)21-12-2-4-15-16(10-12)27-18(23-15)24-5-7-26-8-6-24/h1-4,9-10H,5-8H2,(H2,21,22,25). The highest BCUT2D eigenvalue weighted by atomic mass is 35.5. The molecule has 1 aliphatic rings. The van der Waals surface area contributed by atoms with E-state index in [1.165, 1.54) is 0 Å². The van der Waals surface area contributed by atoms with E-state index < -0.39 is 0 Å². The van der Waals surface area contributed by atoms with Gasteiger partial charge in [-0.25, -0.2) is 9.78 Å². The number of halogens is 2. The molecule has 0 spiro atoms. The van der Waals surface area contributed by atoms with Gasteiger partial charge in [-0.1, -0.05) is 34.5 Å². The number of urea groups is 1. The van der Waals surface area contributed by atoms with Crippen LogP contribution in [0.3, 0.4) is 0 Å². The van der Waals surface area contributed by atoms with E-state index in [9.17, 15) is 4.79 Å². The van der Waals surface area contributed by atoms with Crippen molar-refractivity contribution in [3.05, 3.63) is 46.4 Å². The van der Waals surface area contributed by atoms with Gasteiger partial charge in [-0.2, -0.15) is 0 Å². The molecule has 0 radical (unpaired) electrons. The summed E-state index contributed by atoms with van der Waals surface area (Å²) < 4.78 is 6.40. The Kier molecular flexibility index (Phi) is 5.36. The van der Waals surface area contributed by atoms with Crippen molar-refractivity contribution < 1.29 is 9.53 Å². The Morgan fingerprint density at radius 2 is 1.93 bits per heavy atom. The van der Waals surface area contributed by atoms with Gasteiger partial charge < -0.3 is 20.3 Å². The number of fused-ring (bicyclic) bond motifs is 1. The summed E-state index contributed by atoms with van der Waals surface area (Å²) in [6, 6.07) is 10.2. The normalized spacial score (nSPS) is 14.4. The summed E-state index contributed by atoms with van der Waals surface area (Å²) >= 11 is 13.6. The molecule has 27 heavy (non-hydrogen) atoms. The summed E-state index contributed by atoms with van der Waals surface area (Å²) in [5, 5.41) is 7.40. The molecule has 2 aromatic carbocycles. The van der Waals surface area contributed by atoms with Crippen molar-refractivity contribution in [1.29, 1.82) is 0 Å². The third-order valence-corrected chi connectivity index (χ3v) is 5.72. The van der Waals surface area contributed by atoms with Gasteiger partial charge in [0.1, 0.15) is 0 Å². The Morgan fingerprint density at radius 1 is 1.11 bits per heavy atom. The summed E-state index contributed by atoms with van der Waals surface area (Å²) in [5.74, 6) is 0. The van der Waals surface area contributed by atoms with E-state index in [1.54, 1.807) is 29.5 Å². The molecule has 2 heterocycles. The molecule has 6 nitrogen and oxygen atoms in total. The van der Waals surface area contributed by atoms with E-state index in [-0.39, 0.29) is 6.03 Å². The largest absolute Gasteiger partial charge is 0.378 e. The van der Waals surface area contributed by atoms with Gasteiger partial charge in [0.15, 0.2) is 5.13 Å². The summed E-state index contributed by atoms with van der Waals surface area (Å²) in [6.07, 6.45) is 0. The maximum absolute atomic E-state index is 12.3. The zero-order chi connectivity index (χ0) is 18.8. The van der Waals surface area contributed by atoms with Crippen LogP contribution in [0.4, 0.5) is 21.3 Å². The molecule has 1 fully saturated rings. The first-order chi connectivity index (χ1) is 13.1. The molecular formula is C18H16Cl2N4O2S. The molecule has 2 N–H and O–H groups in total. The lowest BCUT2D eigenvalue weighted by molar-refractivity contribution is 0.122. The predicted octanol–water partition coefficient (Wildman–Crippen LogP) is 5.08. The van der Waals surface area contributed by atoms with Crippen molar-refractivity contribution >= 4 is 67.3 Å². The van der Waals surface area contributed by atoms with Crippen molar-refractivity contribution in [3.63, 3.8) is 0 Å². The molecule has 1 saturated heterocycles. The smallest absolute Gasteiger partial charge is 0.323 e. The van der Waals surface area contributed by atoms with Gasteiger partial charge in [-0.15, -0.1) is 0 Å².